The first-order valence-electron chi connectivity index (χ1n) is 11.9. The Kier molecular flexibility index (Phi) is 7.97. The van der Waals surface area contributed by atoms with E-state index in [1.54, 1.807) is 28.6 Å². The number of ether oxygens (including phenoxy) is 1. The normalized spacial score (nSPS) is 11.8. The maximum Gasteiger partial charge on any atom is 0.322 e. The molecule has 1 aromatic heterocycles. The Morgan fingerprint density at radius 2 is 1.75 bits per heavy atom. The van der Waals surface area contributed by atoms with Gasteiger partial charge >= 0.3 is 6.03 Å². The van der Waals surface area contributed by atoms with Crippen LogP contribution in [0.5, 0.6) is 5.75 Å². The molecule has 4 rings (SSSR count). The summed E-state index contributed by atoms with van der Waals surface area (Å²) in [5.41, 5.74) is 2.69. The van der Waals surface area contributed by atoms with E-state index in [-0.39, 0.29) is 24.4 Å². The molecule has 0 fully saturated rings. The van der Waals surface area contributed by atoms with Gasteiger partial charge in [0.15, 0.2) is 0 Å². The Hall–Kier alpha value is -4.17. The van der Waals surface area contributed by atoms with Crippen LogP contribution in [0.2, 0.25) is 0 Å². The van der Waals surface area contributed by atoms with Crippen molar-refractivity contribution >= 4 is 22.8 Å². The Morgan fingerprint density at radius 3 is 2.50 bits per heavy atom. The van der Waals surface area contributed by atoms with E-state index >= 15 is 0 Å². The van der Waals surface area contributed by atoms with E-state index in [4.69, 9.17) is 4.74 Å². The minimum Gasteiger partial charge on any atom is -0.492 e. The third-order valence-corrected chi connectivity index (χ3v) is 6.02. The third kappa shape index (κ3) is 5.39. The van der Waals surface area contributed by atoms with Gasteiger partial charge in [-0.15, -0.1) is 0 Å². The molecule has 4 aromatic rings. The van der Waals surface area contributed by atoms with Crippen LogP contribution in [0.25, 0.3) is 11.0 Å². The van der Waals surface area contributed by atoms with Gasteiger partial charge in [-0.1, -0.05) is 54.6 Å². The molecular weight excluding hydrogens is 456 g/mol. The number of carbonyl (C=O) groups excluding carboxylic acids is 1. The van der Waals surface area contributed by atoms with E-state index in [1.165, 1.54) is 0 Å². The molecule has 0 aliphatic carbocycles. The highest BCUT2D eigenvalue weighted by atomic mass is 16.5. The average molecular weight is 487 g/mol. The summed E-state index contributed by atoms with van der Waals surface area (Å²) in [6.07, 6.45) is 0.290. The van der Waals surface area contributed by atoms with Crippen molar-refractivity contribution in [2.75, 3.05) is 18.5 Å². The first-order valence-corrected chi connectivity index (χ1v) is 11.9. The second-order valence-corrected chi connectivity index (χ2v) is 8.34. The lowest BCUT2D eigenvalue weighted by atomic mass is 10.0. The molecule has 0 aliphatic heterocycles. The van der Waals surface area contributed by atoms with Gasteiger partial charge in [-0.05, 0) is 43.2 Å². The number of hydrogen-bond donors (Lipinski definition) is 2. The monoisotopic (exact) mass is 486 g/mol. The topological polar surface area (TPSA) is 96.7 Å². The van der Waals surface area contributed by atoms with Crippen molar-refractivity contribution in [1.29, 1.82) is 0 Å². The van der Waals surface area contributed by atoms with Gasteiger partial charge in [0.1, 0.15) is 11.4 Å². The Balaban J connectivity index is 1.77. The van der Waals surface area contributed by atoms with Gasteiger partial charge in [0, 0.05) is 13.7 Å². The van der Waals surface area contributed by atoms with E-state index < -0.39 is 12.1 Å². The molecule has 0 radical (unpaired) electrons. The predicted molar refractivity (Wildman–Crippen MR) is 140 cm³/mol. The van der Waals surface area contributed by atoms with Gasteiger partial charge < -0.3 is 24.6 Å². The van der Waals surface area contributed by atoms with Crippen molar-refractivity contribution in [1.82, 2.24) is 14.5 Å². The fourth-order valence-corrected chi connectivity index (χ4v) is 4.26. The molecule has 0 aliphatic rings. The molecule has 1 atom stereocenters. The van der Waals surface area contributed by atoms with Crippen LogP contribution in [-0.4, -0.2) is 38.8 Å². The first-order chi connectivity index (χ1) is 17.5. The van der Waals surface area contributed by atoms with Crippen molar-refractivity contribution < 1.29 is 14.6 Å². The molecule has 8 heteroatoms. The fourth-order valence-electron chi connectivity index (χ4n) is 4.26. The molecule has 0 bridgehead atoms. The van der Waals surface area contributed by atoms with Crippen LogP contribution < -0.4 is 15.6 Å². The number of aliphatic hydroxyl groups is 1. The number of aryl methyl sites for hydroxylation is 1. The van der Waals surface area contributed by atoms with E-state index in [0.717, 1.165) is 5.56 Å². The van der Waals surface area contributed by atoms with Gasteiger partial charge in [-0.3, -0.25) is 4.79 Å². The molecule has 1 heterocycles. The zero-order valence-corrected chi connectivity index (χ0v) is 20.4. The molecule has 3 aromatic carbocycles. The number of nitrogens with one attached hydrogen (secondary N) is 1. The third-order valence-electron chi connectivity index (χ3n) is 6.02. The molecule has 186 valence electrons. The molecule has 2 N–H and O–H groups in total. The Morgan fingerprint density at radius 1 is 1.06 bits per heavy atom. The van der Waals surface area contributed by atoms with Crippen LogP contribution in [0, 0.1) is 0 Å². The summed E-state index contributed by atoms with van der Waals surface area (Å²) in [4.78, 5) is 33.1. The van der Waals surface area contributed by atoms with Crippen molar-refractivity contribution in [2.45, 2.75) is 25.9 Å². The minimum atomic E-state index is -0.492. The average Bonchev–Trinajstić information content (AvgIpc) is 2.90. The highest BCUT2D eigenvalue weighted by Crippen LogP contribution is 2.29. The van der Waals surface area contributed by atoms with Gasteiger partial charge in [-0.25, -0.2) is 9.78 Å². The standard InChI is InChI=1S/C28H30N4O4/c1-3-36-26-16-10-8-14-22(26)30-28(35)32(24(17-18-33)20-11-5-4-6-12-20)19-23-27(34)31(2)25-15-9-7-13-21(25)29-23/h4-16,24,33H,3,17-19H2,1-2H3,(H,30,35)/t24-/m0/s1. The lowest BCUT2D eigenvalue weighted by Crippen LogP contribution is -2.40. The number of urea groups is 1. The smallest absolute Gasteiger partial charge is 0.322 e. The van der Waals surface area contributed by atoms with E-state index in [1.807, 2.05) is 73.7 Å². The zero-order chi connectivity index (χ0) is 25.5. The van der Waals surface area contributed by atoms with Crippen molar-refractivity contribution in [2.24, 2.45) is 7.05 Å². The number of rotatable bonds is 9. The minimum absolute atomic E-state index is 0.0420. The number of aliphatic hydroxyl groups excluding tert-OH is 1. The summed E-state index contributed by atoms with van der Waals surface area (Å²) < 4.78 is 7.22. The molecule has 0 unspecified atom stereocenters. The van der Waals surface area contributed by atoms with Crippen LogP contribution in [0.4, 0.5) is 10.5 Å². The van der Waals surface area contributed by atoms with Gasteiger partial charge in [-0.2, -0.15) is 0 Å². The van der Waals surface area contributed by atoms with Crippen LogP contribution in [0.3, 0.4) is 0 Å². The number of aromatic nitrogens is 2. The van der Waals surface area contributed by atoms with Gasteiger partial charge in [0.05, 0.1) is 35.9 Å². The molecule has 2 amide bonds. The maximum atomic E-state index is 13.8. The maximum absolute atomic E-state index is 13.8. The zero-order valence-electron chi connectivity index (χ0n) is 20.4. The molecular formula is C28H30N4O4. The Bertz CT molecular complexity index is 1390. The quantitative estimate of drug-likeness (QED) is 0.363. The molecule has 0 saturated carbocycles. The number of para-hydroxylation sites is 4. The van der Waals surface area contributed by atoms with Crippen LogP contribution in [0.1, 0.15) is 30.6 Å². The number of hydrogen-bond acceptors (Lipinski definition) is 5. The molecule has 36 heavy (non-hydrogen) atoms. The number of fused-ring (bicyclic) bond motifs is 1. The number of nitrogens with zero attached hydrogens (tertiary/aromatic N) is 3. The summed E-state index contributed by atoms with van der Waals surface area (Å²) in [6, 6.07) is 23.1. The van der Waals surface area contributed by atoms with Crippen molar-refractivity contribution in [3.63, 3.8) is 0 Å². The summed E-state index contributed by atoms with van der Waals surface area (Å²) in [5.74, 6) is 0.548. The lowest BCUT2D eigenvalue weighted by Gasteiger charge is -2.32. The lowest BCUT2D eigenvalue weighted by molar-refractivity contribution is 0.161. The largest absolute Gasteiger partial charge is 0.492 e. The summed E-state index contributed by atoms with van der Waals surface area (Å²) in [5, 5.41) is 12.8. The highest BCUT2D eigenvalue weighted by Gasteiger charge is 2.28. The summed E-state index contributed by atoms with van der Waals surface area (Å²) >= 11 is 0. The summed E-state index contributed by atoms with van der Waals surface area (Å²) in [6.45, 7) is 2.14. The van der Waals surface area contributed by atoms with Crippen LogP contribution in [-0.2, 0) is 13.6 Å². The van der Waals surface area contributed by atoms with E-state index in [9.17, 15) is 14.7 Å². The number of carbonyl (C=O) groups is 1. The molecule has 0 spiro atoms. The highest BCUT2D eigenvalue weighted by molar-refractivity contribution is 5.91. The second-order valence-electron chi connectivity index (χ2n) is 8.34. The fraction of sp³-hybridized carbons (Fsp3) is 0.250. The number of anilines is 1. The second kappa shape index (κ2) is 11.5. The SMILES string of the molecule is CCOc1ccccc1NC(=O)N(Cc1nc2ccccc2n(C)c1=O)[C@@H](CCO)c1ccccc1. The van der Waals surface area contributed by atoms with E-state index in [0.29, 0.717) is 35.5 Å². The van der Waals surface area contributed by atoms with Crippen LogP contribution in [0.15, 0.2) is 83.7 Å². The molecule has 8 nitrogen and oxygen atoms in total. The molecule has 0 saturated heterocycles. The van der Waals surface area contributed by atoms with E-state index in [2.05, 4.69) is 10.3 Å². The summed E-state index contributed by atoms with van der Waals surface area (Å²) in [7, 11) is 1.70. The Labute approximate surface area is 209 Å². The number of amides is 2. The van der Waals surface area contributed by atoms with Crippen molar-refractivity contribution in [3.05, 3.63) is 100 Å². The van der Waals surface area contributed by atoms with Gasteiger partial charge in [0.2, 0.25) is 0 Å². The van der Waals surface area contributed by atoms with Crippen LogP contribution >= 0.6 is 0 Å². The van der Waals surface area contributed by atoms with Gasteiger partial charge in [0.25, 0.3) is 5.56 Å². The first kappa shape index (κ1) is 24.9. The predicted octanol–water partition coefficient (Wildman–Crippen LogP) is 4.49. The van der Waals surface area contributed by atoms with Crippen molar-refractivity contribution in [3.8, 4) is 5.75 Å². The number of benzene rings is 3.